The predicted octanol–water partition coefficient (Wildman–Crippen LogP) is 4.10. The molecule has 1 heterocycles. The number of amides is 2. The molecule has 1 saturated heterocycles. The summed E-state index contributed by atoms with van der Waals surface area (Å²) in [6.45, 7) is 0.468. The molecule has 1 saturated carbocycles. The molecule has 2 aromatic carbocycles. The summed E-state index contributed by atoms with van der Waals surface area (Å²) in [4.78, 5) is 40.1. The molecular formula is C25H28N2O4. The van der Waals surface area contributed by atoms with Crippen LogP contribution in [0.3, 0.4) is 0 Å². The Bertz CT molecular complexity index is 938. The van der Waals surface area contributed by atoms with Gasteiger partial charge in [0.15, 0.2) is 0 Å². The van der Waals surface area contributed by atoms with E-state index in [9.17, 15) is 14.4 Å². The average Bonchev–Trinajstić information content (AvgIpc) is 3.29. The Hall–Kier alpha value is -3.15. The maximum absolute atomic E-state index is 13.2. The number of ether oxygens (including phenoxy) is 1. The number of ketones is 1. The fourth-order valence-electron chi connectivity index (χ4n) is 4.42. The lowest BCUT2D eigenvalue weighted by Gasteiger charge is -2.26. The van der Waals surface area contributed by atoms with Crippen LogP contribution in [0.5, 0.6) is 11.5 Å². The van der Waals surface area contributed by atoms with E-state index >= 15 is 0 Å². The Morgan fingerprint density at radius 2 is 1.58 bits per heavy atom. The lowest BCUT2D eigenvalue weighted by atomic mass is 9.95. The second-order valence-electron chi connectivity index (χ2n) is 8.27. The minimum Gasteiger partial charge on any atom is -0.457 e. The van der Waals surface area contributed by atoms with Gasteiger partial charge < -0.3 is 15.0 Å². The normalized spacial score (nSPS) is 19.1. The van der Waals surface area contributed by atoms with Gasteiger partial charge in [-0.25, -0.2) is 0 Å². The van der Waals surface area contributed by atoms with Crippen molar-refractivity contribution in [3.05, 3.63) is 60.2 Å². The van der Waals surface area contributed by atoms with Gasteiger partial charge in [-0.2, -0.15) is 0 Å². The van der Waals surface area contributed by atoms with E-state index in [1.165, 1.54) is 11.3 Å². The minimum absolute atomic E-state index is 0.0718. The number of nitrogens with zero attached hydrogens (tertiary/aromatic N) is 1. The first-order valence-electron chi connectivity index (χ1n) is 11.1. The lowest BCUT2D eigenvalue weighted by molar-refractivity contribution is -0.140. The van der Waals surface area contributed by atoms with Crippen LogP contribution in [0.2, 0.25) is 0 Å². The van der Waals surface area contributed by atoms with E-state index in [1.54, 1.807) is 24.3 Å². The van der Waals surface area contributed by atoms with E-state index in [0.717, 1.165) is 25.7 Å². The molecule has 0 spiro atoms. The van der Waals surface area contributed by atoms with Gasteiger partial charge in [0, 0.05) is 18.2 Å². The van der Waals surface area contributed by atoms with Gasteiger partial charge in [0.05, 0.1) is 0 Å². The Balaban J connectivity index is 1.43. The quantitative estimate of drug-likeness (QED) is 0.714. The van der Waals surface area contributed by atoms with Crippen molar-refractivity contribution in [2.75, 3.05) is 6.54 Å². The molecule has 1 aliphatic carbocycles. The number of likely N-dealkylation sites (tertiary alicyclic amines) is 1. The molecule has 2 amide bonds. The van der Waals surface area contributed by atoms with Crippen LogP contribution >= 0.6 is 0 Å². The van der Waals surface area contributed by atoms with Crippen LogP contribution in [0.15, 0.2) is 54.6 Å². The first-order chi connectivity index (χ1) is 15.1. The van der Waals surface area contributed by atoms with Crippen molar-refractivity contribution >= 4 is 17.6 Å². The molecule has 2 fully saturated rings. The monoisotopic (exact) mass is 420 g/mol. The molecule has 162 valence electrons. The smallest absolute Gasteiger partial charge is 0.289 e. The van der Waals surface area contributed by atoms with E-state index in [1.807, 2.05) is 30.3 Å². The van der Waals surface area contributed by atoms with Gasteiger partial charge in [-0.05, 0) is 56.0 Å². The van der Waals surface area contributed by atoms with Crippen LogP contribution in [0.1, 0.15) is 55.3 Å². The highest BCUT2D eigenvalue weighted by Crippen LogP contribution is 2.26. The van der Waals surface area contributed by atoms with Gasteiger partial charge >= 0.3 is 0 Å². The molecule has 4 rings (SSSR count). The average molecular weight is 421 g/mol. The molecule has 6 nitrogen and oxygen atoms in total. The largest absolute Gasteiger partial charge is 0.457 e. The number of carbonyl (C=O) groups excluding carboxylic acids is 3. The van der Waals surface area contributed by atoms with Crippen LogP contribution in [-0.4, -0.2) is 41.1 Å². The highest BCUT2D eigenvalue weighted by atomic mass is 16.5. The van der Waals surface area contributed by atoms with Crippen molar-refractivity contribution in [1.82, 2.24) is 10.2 Å². The number of hydrogen-bond donors (Lipinski definition) is 1. The molecule has 1 aliphatic heterocycles. The Morgan fingerprint density at radius 1 is 0.839 bits per heavy atom. The Kier molecular flexibility index (Phi) is 6.65. The van der Waals surface area contributed by atoms with Crippen molar-refractivity contribution in [2.45, 2.75) is 57.0 Å². The van der Waals surface area contributed by atoms with Crippen molar-refractivity contribution in [1.29, 1.82) is 0 Å². The van der Waals surface area contributed by atoms with Crippen LogP contribution in [0.4, 0.5) is 0 Å². The third-order valence-corrected chi connectivity index (χ3v) is 6.04. The van der Waals surface area contributed by atoms with Gasteiger partial charge in [-0.1, -0.05) is 43.5 Å². The Morgan fingerprint density at radius 3 is 2.35 bits per heavy atom. The molecule has 0 bridgehead atoms. The highest BCUT2D eigenvalue weighted by Gasteiger charge is 2.38. The SMILES string of the molecule is O=C(NC1CCCCC1)C(=O)[C@@H]1CCCN1C(=O)c1cccc(Oc2ccccc2)c1. The van der Waals surface area contributed by atoms with Gasteiger partial charge in [-0.3, -0.25) is 14.4 Å². The standard InChI is InChI=1S/C25H28N2O4/c28-23(24(29)26-19-10-3-1-4-11-19)22-15-8-16-27(22)25(30)18-9-7-14-21(17-18)31-20-12-5-2-6-13-20/h2,5-7,9,12-14,17,19,22H,1,3-4,8,10-11,15-16H2,(H,26,29)/t22-/m0/s1. The molecule has 1 atom stereocenters. The molecule has 6 heteroatoms. The zero-order valence-corrected chi connectivity index (χ0v) is 17.6. The van der Waals surface area contributed by atoms with E-state index in [-0.39, 0.29) is 11.9 Å². The number of Topliss-reactive ketones (excluding diaryl/α,β-unsaturated/α-hetero) is 1. The number of hydrogen-bond acceptors (Lipinski definition) is 4. The second-order valence-corrected chi connectivity index (χ2v) is 8.27. The molecule has 0 aromatic heterocycles. The summed E-state index contributed by atoms with van der Waals surface area (Å²) in [6.07, 6.45) is 6.39. The number of benzene rings is 2. The number of rotatable bonds is 6. The van der Waals surface area contributed by atoms with Gasteiger partial charge in [0.25, 0.3) is 11.8 Å². The summed E-state index contributed by atoms with van der Waals surface area (Å²) < 4.78 is 5.83. The zero-order chi connectivity index (χ0) is 21.6. The third kappa shape index (κ3) is 5.13. The second kappa shape index (κ2) is 9.77. The first kappa shape index (κ1) is 21.1. The number of carbonyl (C=O) groups is 3. The number of para-hydroxylation sites is 1. The predicted molar refractivity (Wildman–Crippen MR) is 117 cm³/mol. The van der Waals surface area contributed by atoms with Crippen molar-refractivity contribution < 1.29 is 19.1 Å². The topological polar surface area (TPSA) is 75.7 Å². The van der Waals surface area contributed by atoms with Gasteiger partial charge in [0.1, 0.15) is 17.5 Å². The fraction of sp³-hybridized carbons (Fsp3) is 0.400. The summed E-state index contributed by atoms with van der Waals surface area (Å²) in [5.41, 5.74) is 0.445. The zero-order valence-electron chi connectivity index (χ0n) is 17.6. The molecule has 2 aliphatic rings. The van der Waals surface area contributed by atoms with Crippen molar-refractivity contribution in [3.8, 4) is 11.5 Å². The van der Waals surface area contributed by atoms with E-state index < -0.39 is 17.7 Å². The summed E-state index contributed by atoms with van der Waals surface area (Å²) in [5.74, 6) is -0.0828. The van der Waals surface area contributed by atoms with Gasteiger partial charge in [-0.15, -0.1) is 0 Å². The number of nitrogens with one attached hydrogen (secondary N) is 1. The summed E-state index contributed by atoms with van der Waals surface area (Å²) in [7, 11) is 0. The van der Waals surface area contributed by atoms with E-state index in [0.29, 0.717) is 36.4 Å². The van der Waals surface area contributed by atoms with Gasteiger partial charge in [0.2, 0.25) is 5.78 Å². The molecule has 2 aromatic rings. The van der Waals surface area contributed by atoms with Crippen LogP contribution in [-0.2, 0) is 9.59 Å². The highest BCUT2D eigenvalue weighted by molar-refractivity contribution is 6.38. The molecule has 0 unspecified atom stereocenters. The lowest BCUT2D eigenvalue weighted by Crippen LogP contribution is -2.49. The fourth-order valence-corrected chi connectivity index (χ4v) is 4.42. The van der Waals surface area contributed by atoms with E-state index in [4.69, 9.17) is 4.74 Å². The van der Waals surface area contributed by atoms with Crippen LogP contribution in [0.25, 0.3) is 0 Å². The molecule has 1 N–H and O–H groups in total. The third-order valence-electron chi connectivity index (χ3n) is 6.04. The van der Waals surface area contributed by atoms with E-state index in [2.05, 4.69) is 5.32 Å². The van der Waals surface area contributed by atoms with Crippen molar-refractivity contribution in [2.24, 2.45) is 0 Å². The maximum atomic E-state index is 13.2. The summed E-state index contributed by atoms with van der Waals surface area (Å²) in [5, 5.41) is 2.88. The Labute approximate surface area is 182 Å². The summed E-state index contributed by atoms with van der Waals surface area (Å²) >= 11 is 0. The van der Waals surface area contributed by atoms with Crippen LogP contribution in [0, 0.1) is 0 Å². The maximum Gasteiger partial charge on any atom is 0.289 e. The molecule has 0 radical (unpaired) electrons. The molecule has 31 heavy (non-hydrogen) atoms. The minimum atomic E-state index is -0.699. The van der Waals surface area contributed by atoms with Crippen molar-refractivity contribution in [3.63, 3.8) is 0 Å². The summed E-state index contributed by atoms with van der Waals surface area (Å²) in [6, 6.07) is 15.6. The molecular weight excluding hydrogens is 392 g/mol. The first-order valence-corrected chi connectivity index (χ1v) is 11.1. The van der Waals surface area contributed by atoms with Crippen LogP contribution < -0.4 is 10.1 Å².